The number of rotatable bonds is 5. The molecule has 28 heavy (non-hydrogen) atoms. The van der Waals surface area contributed by atoms with E-state index in [-0.39, 0.29) is 11.7 Å². The summed E-state index contributed by atoms with van der Waals surface area (Å²) in [5.41, 5.74) is 4.39. The summed E-state index contributed by atoms with van der Waals surface area (Å²) in [6.45, 7) is 4.38. The van der Waals surface area contributed by atoms with Gasteiger partial charge in [-0.05, 0) is 82.4 Å². The van der Waals surface area contributed by atoms with Crippen LogP contribution in [0.1, 0.15) is 42.3 Å². The summed E-state index contributed by atoms with van der Waals surface area (Å²) in [6.07, 6.45) is 1.08. The van der Waals surface area contributed by atoms with Crippen LogP contribution in [-0.2, 0) is 0 Å². The average Bonchev–Trinajstić information content (AvgIpc) is 3.33. The molecule has 2 aromatic heterocycles. The van der Waals surface area contributed by atoms with E-state index in [0.717, 1.165) is 23.1 Å². The molecule has 1 amide bonds. The van der Waals surface area contributed by atoms with Crippen molar-refractivity contribution >= 4 is 38.6 Å². The molecule has 4 rings (SSSR count). The largest absolute Gasteiger partial charge is 0.444 e. The maximum atomic E-state index is 12.2. The fourth-order valence-electron chi connectivity index (χ4n) is 2.94. The number of hydrogen-bond donors (Lipinski definition) is 1. The summed E-state index contributed by atoms with van der Waals surface area (Å²) < 4.78 is 11.7. The Balaban J connectivity index is 1.54. The van der Waals surface area contributed by atoms with Gasteiger partial charge in [0.2, 0.25) is 5.89 Å². The molecule has 0 aliphatic carbocycles. The highest BCUT2D eigenvalue weighted by Gasteiger charge is 2.13. The zero-order valence-electron chi connectivity index (χ0n) is 15.5. The topological polar surface area (TPSA) is 68.3 Å². The molecule has 1 N–H and O–H groups in total. The molecule has 0 spiro atoms. The van der Waals surface area contributed by atoms with E-state index in [1.54, 1.807) is 12.1 Å². The number of oxazole rings is 1. The lowest BCUT2D eigenvalue weighted by Gasteiger charge is -2.07. The van der Waals surface area contributed by atoms with Gasteiger partial charge in [-0.15, -0.1) is 0 Å². The van der Waals surface area contributed by atoms with Crippen molar-refractivity contribution in [3.8, 4) is 11.5 Å². The average molecular weight is 439 g/mol. The van der Waals surface area contributed by atoms with Gasteiger partial charge in [-0.1, -0.05) is 19.9 Å². The van der Waals surface area contributed by atoms with E-state index in [4.69, 9.17) is 8.83 Å². The van der Waals surface area contributed by atoms with Gasteiger partial charge in [-0.3, -0.25) is 4.79 Å². The molecule has 2 aromatic carbocycles. The molecule has 0 saturated heterocycles. The Hall–Kier alpha value is -2.86. The first kappa shape index (κ1) is 18.5. The van der Waals surface area contributed by atoms with Gasteiger partial charge >= 0.3 is 0 Å². The number of halogens is 1. The summed E-state index contributed by atoms with van der Waals surface area (Å²) in [7, 11) is 0. The minimum atomic E-state index is -0.308. The minimum Gasteiger partial charge on any atom is -0.444 e. The number of hydrogen-bond acceptors (Lipinski definition) is 4. The van der Waals surface area contributed by atoms with Crippen LogP contribution in [0.25, 0.3) is 22.6 Å². The van der Waals surface area contributed by atoms with Crippen molar-refractivity contribution in [2.75, 3.05) is 5.32 Å². The normalized spacial score (nSPS) is 12.2. The van der Waals surface area contributed by atoms with Crippen molar-refractivity contribution in [3.05, 3.63) is 70.6 Å². The molecule has 0 radical (unpaired) electrons. The second-order valence-corrected chi connectivity index (χ2v) is 7.47. The first-order valence-corrected chi connectivity index (χ1v) is 9.90. The van der Waals surface area contributed by atoms with Crippen molar-refractivity contribution < 1.29 is 13.6 Å². The van der Waals surface area contributed by atoms with Crippen LogP contribution in [0, 0.1) is 0 Å². The molecule has 142 valence electrons. The van der Waals surface area contributed by atoms with E-state index >= 15 is 0 Å². The molecule has 4 aromatic rings. The lowest BCUT2D eigenvalue weighted by molar-refractivity contribution is 0.0995. The smallest absolute Gasteiger partial charge is 0.291 e. The fourth-order valence-corrected chi connectivity index (χ4v) is 3.24. The highest BCUT2D eigenvalue weighted by Crippen LogP contribution is 2.28. The van der Waals surface area contributed by atoms with Crippen molar-refractivity contribution in [1.82, 2.24) is 4.98 Å². The molecule has 0 aliphatic heterocycles. The van der Waals surface area contributed by atoms with Crippen LogP contribution in [0.15, 0.2) is 68.1 Å². The number of benzene rings is 2. The molecule has 0 saturated carbocycles. The number of aromatic nitrogens is 1. The predicted octanol–water partition coefficient (Wildman–Crippen LogP) is 6.62. The Bertz CT molecular complexity index is 1130. The maximum Gasteiger partial charge on any atom is 0.291 e. The zero-order valence-corrected chi connectivity index (χ0v) is 17.1. The lowest BCUT2D eigenvalue weighted by atomic mass is 9.98. The Morgan fingerprint density at radius 1 is 1.11 bits per heavy atom. The summed E-state index contributed by atoms with van der Waals surface area (Å²) in [5.74, 6) is 0.983. The van der Waals surface area contributed by atoms with Crippen molar-refractivity contribution in [2.24, 2.45) is 0 Å². The number of carbonyl (C=O) groups excluding carboxylic acids is 1. The van der Waals surface area contributed by atoms with E-state index in [9.17, 15) is 4.79 Å². The highest BCUT2D eigenvalue weighted by molar-refractivity contribution is 9.10. The van der Waals surface area contributed by atoms with Crippen LogP contribution >= 0.6 is 15.9 Å². The van der Waals surface area contributed by atoms with Crippen LogP contribution in [0.4, 0.5) is 5.69 Å². The third kappa shape index (κ3) is 3.73. The van der Waals surface area contributed by atoms with E-state index < -0.39 is 0 Å². The number of fused-ring (bicyclic) bond motifs is 1. The molecule has 5 nitrogen and oxygen atoms in total. The Kier molecular flexibility index (Phi) is 5.05. The number of nitrogens with zero attached hydrogens (tertiary/aromatic N) is 1. The Morgan fingerprint density at radius 3 is 2.57 bits per heavy atom. The third-order valence-electron chi connectivity index (χ3n) is 4.78. The molecule has 6 heteroatoms. The van der Waals surface area contributed by atoms with Crippen molar-refractivity contribution in [2.45, 2.75) is 26.2 Å². The molecule has 1 unspecified atom stereocenters. The first-order valence-electron chi connectivity index (χ1n) is 9.11. The molecular formula is C22H19BrN2O3. The fraction of sp³-hybridized carbons (Fsp3) is 0.182. The maximum absolute atomic E-state index is 12.2. The van der Waals surface area contributed by atoms with E-state index in [1.165, 1.54) is 5.56 Å². The second kappa shape index (κ2) is 7.64. The molecule has 2 heterocycles. The van der Waals surface area contributed by atoms with E-state index in [2.05, 4.69) is 52.2 Å². The van der Waals surface area contributed by atoms with Crippen LogP contribution in [-0.4, -0.2) is 10.9 Å². The lowest BCUT2D eigenvalue weighted by Crippen LogP contribution is -2.10. The summed E-state index contributed by atoms with van der Waals surface area (Å²) in [6, 6.07) is 16.8. The number of amides is 1. The van der Waals surface area contributed by atoms with Gasteiger partial charge < -0.3 is 14.2 Å². The van der Waals surface area contributed by atoms with Crippen LogP contribution in [0.3, 0.4) is 0 Å². The van der Waals surface area contributed by atoms with Gasteiger partial charge in [0, 0.05) is 11.3 Å². The van der Waals surface area contributed by atoms with Crippen LogP contribution in [0.5, 0.6) is 0 Å². The summed E-state index contributed by atoms with van der Waals surface area (Å²) in [4.78, 5) is 16.8. The van der Waals surface area contributed by atoms with Gasteiger partial charge in [0.05, 0.1) is 0 Å². The number of carbonyl (C=O) groups is 1. The molecule has 0 bridgehead atoms. The summed E-state index contributed by atoms with van der Waals surface area (Å²) >= 11 is 3.19. The molecule has 0 fully saturated rings. The van der Waals surface area contributed by atoms with E-state index in [0.29, 0.717) is 22.2 Å². The number of furan rings is 1. The van der Waals surface area contributed by atoms with Crippen molar-refractivity contribution in [3.63, 3.8) is 0 Å². The second-order valence-electron chi connectivity index (χ2n) is 6.69. The third-order valence-corrected chi connectivity index (χ3v) is 5.21. The van der Waals surface area contributed by atoms with Crippen LogP contribution in [0.2, 0.25) is 0 Å². The minimum absolute atomic E-state index is 0.243. The molecule has 1 atom stereocenters. The van der Waals surface area contributed by atoms with Gasteiger partial charge in [-0.2, -0.15) is 0 Å². The Morgan fingerprint density at radius 2 is 1.89 bits per heavy atom. The highest BCUT2D eigenvalue weighted by atomic mass is 79.9. The molecular weight excluding hydrogens is 420 g/mol. The van der Waals surface area contributed by atoms with Gasteiger partial charge in [0.1, 0.15) is 5.52 Å². The first-order chi connectivity index (χ1) is 13.5. The van der Waals surface area contributed by atoms with Crippen LogP contribution < -0.4 is 5.32 Å². The molecule has 0 aliphatic rings. The monoisotopic (exact) mass is 438 g/mol. The Labute approximate surface area is 170 Å². The quantitative estimate of drug-likeness (QED) is 0.380. The number of nitrogens with one attached hydrogen (secondary N) is 1. The summed E-state index contributed by atoms with van der Waals surface area (Å²) in [5, 5.41) is 2.80. The van der Waals surface area contributed by atoms with Crippen molar-refractivity contribution in [1.29, 1.82) is 0 Å². The zero-order chi connectivity index (χ0) is 19.7. The van der Waals surface area contributed by atoms with Gasteiger partial charge in [0.15, 0.2) is 16.0 Å². The number of anilines is 1. The van der Waals surface area contributed by atoms with Gasteiger partial charge in [0.25, 0.3) is 5.91 Å². The SMILES string of the molecule is CCC(C)c1ccc2oc(-c3ccc(NC(=O)c4ccc(Br)o4)cc3)nc2c1. The standard InChI is InChI=1S/C22H19BrN2O3/c1-3-13(2)15-6-9-18-17(12-15)25-22(28-18)14-4-7-16(8-5-14)24-21(26)19-10-11-20(23)27-19/h4-13H,3H2,1-2H3,(H,24,26). The van der Waals surface area contributed by atoms with E-state index in [1.807, 2.05) is 30.3 Å². The van der Waals surface area contributed by atoms with Gasteiger partial charge in [-0.25, -0.2) is 4.98 Å². The predicted molar refractivity (Wildman–Crippen MR) is 113 cm³/mol.